The van der Waals surface area contributed by atoms with Crippen LogP contribution in [-0.2, 0) is 0 Å². The van der Waals surface area contributed by atoms with Gasteiger partial charge >= 0.3 is 6.61 Å². The average molecular weight is 405 g/mol. The number of benzene rings is 1. The number of hydrogen-bond donors (Lipinski definition) is 3. The highest BCUT2D eigenvalue weighted by atomic mass is 35.5. The molecule has 0 aliphatic heterocycles. The summed E-state index contributed by atoms with van der Waals surface area (Å²) in [6, 6.07) is 4.14. The smallest absolute Gasteiger partial charge is 0.387 e. The second-order valence-corrected chi connectivity index (χ2v) is 6.08. The highest BCUT2D eigenvalue weighted by molar-refractivity contribution is 6.31. The van der Waals surface area contributed by atoms with Crippen LogP contribution in [0.5, 0.6) is 5.75 Å². The van der Waals surface area contributed by atoms with Crippen LogP contribution in [0.4, 0.5) is 14.5 Å². The van der Waals surface area contributed by atoms with E-state index in [1.54, 1.807) is 12.4 Å². The van der Waals surface area contributed by atoms with E-state index >= 15 is 0 Å². The predicted octanol–water partition coefficient (Wildman–Crippen LogP) is 3.86. The topological polar surface area (TPSA) is 109 Å². The summed E-state index contributed by atoms with van der Waals surface area (Å²) in [4.78, 5) is 16.7. The Balaban J connectivity index is 1.70. The Morgan fingerprint density at radius 1 is 1.25 bits per heavy atom. The quantitative estimate of drug-likeness (QED) is 0.468. The minimum Gasteiger partial charge on any atom is -0.434 e. The number of rotatable bonds is 5. The number of aromatic amines is 2. The Morgan fingerprint density at radius 3 is 2.93 bits per heavy atom. The molecular weight excluding hydrogens is 394 g/mol. The molecule has 0 aliphatic carbocycles. The molecule has 0 spiro atoms. The first kappa shape index (κ1) is 17.9. The molecule has 1 aromatic carbocycles. The molecule has 0 bridgehead atoms. The van der Waals surface area contributed by atoms with Gasteiger partial charge in [-0.15, -0.1) is 0 Å². The van der Waals surface area contributed by atoms with Crippen molar-refractivity contribution in [3.63, 3.8) is 0 Å². The lowest BCUT2D eigenvalue weighted by Crippen LogP contribution is -2.13. The molecule has 3 aromatic heterocycles. The zero-order chi connectivity index (χ0) is 19.7. The summed E-state index contributed by atoms with van der Waals surface area (Å²) in [7, 11) is 0. The van der Waals surface area contributed by atoms with Gasteiger partial charge in [-0.2, -0.15) is 19.0 Å². The number of halogens is 3. The summed E-state index contributed by atoms with van der Waals surface area (Å²) in [5.41, 5.74) is 1.42. The molecule has 28 heavy (non-hydrogen) atoms. The van der Waals surface area contributed by atoms with Gasteiger partial charge < -0.3 is 10.1 Å². The maximum atomic E-state index is 12.7. The minimum absolute atomic E-state index is 0.126. The maximum absolute atomic E-state index is 12.7. The fourth-order valence-corrected chi connectivity index (χ4v) is 2.88. The number of hydrogen-bond acceptors (Lipinski definition) is 5. The average Bonchev–Trinajstić information content (AvgIpc) is 3.31. The molecule has 4 rings (SSSR count). The van der Waals surface area contributed by atoms with Crippen molar-refractivity contribution >= 4 is 34.1 Å². The first-order chi connectivity index (χ1) is 13.5. The van der Waals surface area contributed by atoms with Crippen molar-refractivity contribution in [1.82, 2.24) is 25.4 Å². The van der Waals surface area contributed by atoms with Gasteiger partial charge in [0, 0.05) is 34.6 Å². The van der Waals surface area contributed by atoms with E-state index in [-0.39, 0.29) is 28.3 Å². The van der Waals surface area contributed by atoms with Crippen molar-refractivity contribution in [2.24, 2.45) is 0 Å². The Labute approximate surface area is 160 Å². The lowest BCUT2D eigenvalue weighted by molar-refractivity contribution is -0.0494. The zero-order valence-corrected chi connectivity index (χ0v) is 14.7. The lowest BCUT2D eigenvalue weighted by Gasteiger charge is -2.11. The number of ether oxygens (including phenoxy) is 1. The van der Waals surface area contributed by atoms with Gasteiger partial charge in [0.25, 0.3) is 5.91 Å². The van der Waals surface area contributed by atoms with Crippen molar-refractivity contribution in [2.45, 2.75) is 6.61 Å². The third kappa shape index (κ3) is 3.37. The number of fused-ring (bicyclic) bond motifs is 1. The van der Waals surface area contributed by atoms with Crippen molar-refractivity contribution in [2.75, 3.05) is 5.32 Å². The maximum Gasteiger partial charge on any atom is 0.387 e. The van der Waals surface area contributed by atoms with Gasteiger partial charge in [0.2, 0.25) is 0 Å². The van der Waals surface area contributed by atoms with Crippen molar-refractivity contribution in [3.05, 3.63) is 53.6 Å². The zero-order valence-electron chi connectivity index (χ0n) is 13.9. The van der Waals surface area contributed by atoms with Crippen LogP contribution in [0.1, 0.15) is 10.4 Å². The van der Waals surface area contributed by atoms with Crippen LogP contribution >= 0.6 is 11.6 Å². The molecule has 3 N–H and O–H groups in total. The fourth-order valence-electron chi connectivity index (χ4n) is 2.70. The normalized spacial score (nSPS) is 11.1. The van der Waals surface area contributed by atoms with Crippen LogP contribution in [0, 0.1) is 0 Å². The van der Waals surface area contributed by atoms with Crippen LogP contribution in [0.2, 0.25) is 5.02 Å². The summed E-state index contributed by atoms with van der Waals surface area (Å²) in [6.45, 7) is -3.03. The molecule has 0 saturated carbocycles. The van der Waals surface area contributed by atoms with Gasteiger partial charge in [0.1, 0.15) is 11.4 Å². The number of nitrogens with one attached hydrogen (secondary N) is 3. The third-order valence-corrected chi connectivity index (χ3v) is 4.14. The monoisotopic (exact) mass is 404 g/mol. The lowest BCUT2D eigenvalue weighted by atomic mass is 10.1. The van der Waals surface area contributed by atoms with E-state index in [1.165, 1.54) is 30.6 Å². The minimum atomic E-state index is -3.03. The largest absolute Gasteiger partial charge is 0.434 e. The Kier molecular flexibility index (Phi) is 4.62. The van der Waals surface area contributed by atoms with E-state index in [0.717, 1.165) is 0 Å². The number of carbonyl (C=O) groups is 1. The van der Waals surface area contributed by atoms with E-state index in [9.17, 15) is 13.6 Å². The number of nitrogens with zero attached hydrogens (tertiary/aromatic N) is 3. The van der Waals surface area contributed by atoms with Gasteiger partial charge in [-0.05, 0) is 18.2 Å². The highest BCUT2D eigenvalue weighted by Gasteiger charge is 2.20. The Bertz CT molecular complexity index is 1160. The van der Waals surface area contributed by atoms with E-state index in [2.05, 4.69) is 35.4 Å². The molecular formula is C17H11ClF2N6O2. The first-order valence-electron chi connectivity index (χ1n) is 7.90. The van der Waals surface area contributed by atoms with Crippen LogP contribution in [-0.4, -0.2) is 37.9 Å². The molecule has 0 saturated heterocycles. The predicted molar refractivity (Wildman–Crippen MR) is 97.5 cm³/mol. The molecule has 1 amide bonds. The number of H-pyrrole nitrogens is 2. The Morgan fingerprint density at radius 2 is 2.11 bits per heavy atom. The summed E-state index contributed by atoms with van der Waals surface area (Å²) in [6.07, 6.45) is 5.92. The number of anilines is 1. The van der Waals surface area contributed by atoms with Gasteiger partial charge in [-0.1, -0.05) is 11.6 Å². The molecule has 3 heterocycles. The number of amides is 1. The van der Waals surface area contributed by atoms with Crippen molar-refractivity contribution in [1.29, 1.82) is 0 Å². The van der Waals surface area contributed by atoms with Gasteiger partial charge in [-0.25, -0.2) is 0 Å². The number of pyridine rings is 1. The van der Waals surface area contributed by atoms with E-state index in [4.69, 9.17) is 11.6 Å². The van der Waals surface area contributed by atoms with Crippen molar-refractivity contribution < 1.29 is 18.3 Å². The third-order valence-electron chi connectivity index (χ3n) is 3.90. The van der Waals surface area contributed by atoms with Gasteiger partial charge in [0.05, 0.1) is 23.0 Å². The standard InChI is InChI=1S/C17H11ClF2N6O2/c18-9-1-2-13(28-17(19)20)10(3-9)15-12(7-23-26-15)24-16(27)11-6-21-4-8-5-22-25-14(8)11/h1-7,17H,(H,22,25)(H,23,26)(H,24,27). The fraction of sp³-hybridized carbons (Fsp3) is 0.0588. The number of carbonyl (C=O) groups excluding carboxylic acids is 1. The molecule has 0 fully saturated rings. The second-order valence-electron chi connectivity index (χ2n) is 5.64. The highest BCUT2D eigenvalue weighted by Crippen LogP contribution is 2.36. The Hall–Kier alpha value is -3.53. The van der Waals surface area contributed by atoms with E-state index < -0.39 is 12.5 Å². The molecule has 8 nitrogen and oxygen atoms in total. The molecule has 11 heteroatoms. The summed E-state index contributed by atoms with van der Waals surface area (Å²) >= 11 is 5.99. The summed E-state index contributed by atoms with van der Waals surface area (Å²) in [5, 5.41) is 16.9. The molecule has 0 radical (unpaired) electrons. The molecule has 0 atom stereocenters. The SMILES string of the molecule is O=C(Nc1c[nH]nc1-c1cc(Cl)ccc1OC(F)F)c1cncc2cn[nH]c12. The number of aromatic nitrogens is 5. The summed E-state index contributed by atoms with van der Waals surface area (Å²) in [5.74, 6) is -0.609. The van der Waals surface area contributed by atoms with E-state index in [0.29, 0.717) is 15.9 Å². The first-order valence-corrected chi connectivity index (χ1v) is 8.27. The number of alkyl halides is 2. The van der Waals surface area contributed by atoms with Crippen LogP contribution < -0.4 is 10.1 Å². The molecule has 0 aliphatic rings. The van der Waals surface area contributed by atoms with Gasteiger partial charge in [0.15, 0.2) is 0 Å². The second kappa shape index (κ2) is 7.24. The molecule has 142 valence electrons. The van der Waals surface area contributed by atoms with Crippen molar-refractivity contribution in [3.8, 4) is 17.0 Å². The van der Waals surface area contributed by atoms with Crippen LogP contribution in [0.3, 0.4) is 0 Å². The van der Waals surface area contributed by atoms with Crippen LogP contribution in [0.25, 0.3) is 22.2 Å². The van der Waals surface area contributed by atoms with Gasteiger partial charge in [-0.3, -0.25) is 20.0 Å². The van der Waals surface area contributed by atoms with Crippen LogP contribution in [0.15, 0.2) is 43.0 Å². The van der Waals surface area contributed by atoms with E-state index in [1.807, 2.05) is 0 Å². The molecule has 0 unspecified atom stereocenters. The molecule has 4 aromatic rings. The summed E-state index contributed by atoms with van der Waals surface area (Å²) < 4.78 is 30.0.